The molecule has 1 heterocycles. The molecule has 1 saturated heterocycles. The number of benzene rings is 1. The summed E-state index contributed by atoms with van der Waals surface area (Å²) < 4.78 is 13.5. The Morgan fingerprint density at radius 3 is 2.85 bits per heavy atom. The highest BCUT2D eigenvalue weighted by molar-refractivity contribution is 5.20. The van der Waals surface area contributed by atoms with Crippen LogP contribution in [0.4, 0.5) is 4.39 Å². The van der Waals surface area contributed by atoms with Gasteiger partial charge in [-0.2, -0.15) is 0 Å². The van der Waals surface area contributed by atoms with Crippen LogP contribution in [0.15, 0.2) is 24.3 Å². The van der Waals surface area contributed by atoms with Crippen molar-refractivity contribution >= 4 is 0 Å². The van der Waals surface area contributed by atoms with Crippen LogP contribution in [-0.4, -0.2) is 30.6 Å². The van der Waals surface area contributed by atoms with Crippen molar-refractivity contribution in [1.82, 2.24) is 10.2 Å². The minimum Gasteiger partial charge on any atom is -0.315 e. The van der Waals surface area contributed by atoms with Crippen LogP contribution in [0.25, 0.3) is 0 Å². The first-order valence-corrected chi connectivity index (χ1v) is 7.98. The number of rotatable bonds is 6. The lowest BCUT2D eigenvalue weighted by atomic mass is 9.97. The number of nitrogens with zero attached hydrogens (tertiary/aromatic N) is 1. The van der Waals surface area contributed by atoms with Crippen molar-refractivity contribution in [1.29, 1.82) is 0 Å². The Labute approximate surface area is 122 Å². The Kier molecular flexibility index (Phi) is 5.99. The summed E-state index contributed by atoms with van der Waals surface area (Å²) in [5.74, 6) is -0.126. The zero-order valence-corrected chi connectivity index (χ0v) is 12.7. The Morgan fingerprint density at radius 2 is 2.25 bits per heavy atom. The molecule has 1 fully saturated rings. The van der Waals surface area contributed by atoms with Gasteiger partial charge in [0.1, 0.15) is 5.82 Å². The van der Waals surface area contributed by atoms with Crippen LogP contribution in [0.1, 0.15) is 51.1 Å². The first-order chi connectivity index (χ1) is 9.76. The molecule has 0 radical (unpaired) electrons. The Hall–Kier alpha value is -0.930. The van der Waals surface area contributed by atoms with Crippen LogP contribution in [-0.2, 0) is 0 Å². The average molecular weight is 278 g/mol. The molecule has 2 nitrogen and oxygen atoms in total. The van der Waals surface area contributed by atoms with Crippen LogP contribution < -0.4 is 5.32 Å². The monoisotopic (exact) mass is 278 g/mol. The highest BCUT2D eigenvalue weighted by atomic mass is 19.1. The van der Waals surface area contributed by atoms with Gasteiger partial charge in [-0.3, -0.25) is 4.90 Å². The molecule has 2 rings (SSSR count). The molecule has 1 aromatic rings. The summed E-state index contributed by atoms with van der Waals surface area (Å²) in [6.45, 7) is 7.70. The normalized spacial score (nSPS) is 21.1. The molecule has 1 N–H and O–H groups in total. The highest BCUT2D eigenvalue weighted by Crippen LogP contribution is 2.29. The van der Waals surface area contributed by atoms with Crippen molar-refractivity contribution in [3.05, 3.63) is 35.6 Å². The molecule has 0 spiro atoms. The van der Waals surface area contributed by atoms with Gasteiger partial charge in [-0.25, -0.2) is 4.39 Å². The third-order valence-electron chi connectivity index (χ3n) is 4.24. The van der Waals surface area contributed by atoms with Crippen molar-refractivity contribution in [2.45, 2.75) is 51.6 Å². The molecule has 2 atom stereocenters. The van der Waals surface area contributed by atoms with E-state index in [2.05, 4.69) is 30.1 Å². The molecule has 2 unspecified atom stereocenters. The van der Waals surface area contributed by atoms with Crippen LogP contribution >= 0.6 is 0 Å². The molecule has 0 saturated carbocycles. The van der Waals surface area contributed by atoms with Crippen LogP contribution in [0.2, 0.25) is 0 Å². The fourth-order valence-electron chi connectivity index (χ4n) is 3.34. The molecule has 1 aliphatic heterocycles. The first-order valence-electron chi connectivity index (χ1n) is 7.98. The van der Waals surface area contributed by atoms with Gasteiger partial charge in [-0.15, -0.1) is 0 Å². The van der Waals surface area contributed by atoms with Crippen molar-refractivity contribution in [2.75, 3.05) is 19.6 Å². The Balaban J connectivity index is 2.19. The maximum atomic E-state index is 13.5. The Morgan fingerprint density at radius 1 is 1.40 bits per heavy atom. The van der Waals surface area contributed by atoms with E-state index >= 15 is 0 Å². The Bertz CT molecular complexity index is 402. The average Bonchev–Trinajstić information content (AvgIpc) is 2.48. The third kappa shape index (κ3) is 3.80. The van der Waals surface area contributed by atoms with E-state index in [4.69, 9.17) is 0 Å². The van der Waals surface area contributed by atoms with E-state index in [1.807, 2.05) is 6.07 Å². The van der Waals surface area contributed by atoms with E-state index in [1.165, 1.54) is 18.9 Å². The smallest absolute Gasteiger partial charge is 0.123 e. The first kappa shape index (κ1) is 15.5. The maximum Gasteiger partial charge on any atom is 0.123 e. The molecule has 112 valence electrons. The molecule has 1 aromatic carbocycles. The SMILES string of the molecule is CCCN(C1CCCNC1)C(CC)c1cccc(F)c1. The molecule has 0 aliphatic carbocycles. The van der Waals surface area contributed by atoms with Crippen LogP contribution in [0.5, 0.6) is 0 Å². The largest absolute Gasteiger partial charge is 0.315 e. The molecule has 0 bridgehead atoms. The topological polar surface area (TPSA) is 15.3 Å². The van der Waals surface area contributed by atoms with E-state index in [-0.39, 0.29) is 5.82 Å². The molecule has 0 aromatic heterocycles. The van der Waals surface area contributed by atoms with Crippen molar-refractivity contribution < 1.29 is 4.39 Å². The summed E-state index contributed by atoms with van der Waals surface area (Å²) in [6, 6.07) is 8.04. The van der Waals surface area contributed by atoms with Gasteiger partial charge < -0.3 is 5.32 Å². The van der Waals surface area contributed by atoms with Gasteiger partial charge in [0, 0.05) is 18.6 Å². The zero-order chi connectivity index (χ0) is 14.4. The lowest BCUT2D eigenvalue weighted by molar-refractivity contribution is 0.108. The van der Waals surface area contributed by atoms with Crippen molar-refractivity contribution in [2.24, 2.45) is 0 Å². The lowest BCUT2D eigenvalue weighted by Crippen LogP contribution is -2.47. The minimum absolute atomic E-state index is 0.126. The third-order valence-corrected chi connectivity index (χ3v) is 4.24. The van der Waals surface area contributed by atoms with E-state index in [0.717, 1.165) is 38.0 Å². The van der Waals surface area contributed by atoms with Gasteiger partial charge >= 0.3 is 0 Å². The number of hydrogen-bond donors (Lipinski definition) is 1. The predicted molar refractivity (Wildman–Crippen MR) is 82.3 cm³/mol. The van der Waals surface area contributed by atoms with Gasteiger partial charge in [0.15, 0.2) is 0 Å². The molecule has 0 amide bonds. The maximum absolute atomic E-state index is 13.5. The van der Waals surface area contributed by atoms with E-state index < -0.39 is 0 Å². The summed E-state index contributed by atoms with van der Waals surface area (Å²) in [4.78, 5) is 2.58. The standard InChI is InChI=1S/C17H27FN2/c1-3-11-20(16-9-6-10-19-13-16)17(4-2)14-7-5-8-15(18)12-14/h5,7-8,12,16-17,19H,3-4,6,9-11,13H2,1-2H3. The molecular formula is C17H27FN2. The van der Waals surface area contributed by atoms with Crippen LogP contribution in [0.3, 0.4) is 0 Å². The molecular weight excluding hydrogens is 251 g/mol. The van der Waals surface area contributed by atoms with Gasteiger partial charge in [0.05, 0.1) is 0 Å². The molecule has 1 aliphatic rings. The minimum atomic E-state index is -0.126. The van der Waals surface area contributed by atoms with Crippen LogP contribution in [0, 0.1) is 5.82 Å². The summed E-state index contributed by atoms with van der Waals surface area (Å²) in [6.07, 6.45) is 4.66. The van der Waals surface area contributed by atoms with Crippen molar-refractivity contribution in [3.63, 3.8) is 0 Å². The fraction of sp³-hybridized carbons (Fsp3) is 0.647. The second kappa shape index (κ2) is 7.75. The molecule has 20 heavy (non-hydrogen) atoms. The fourth-order valence-corrected chi connectivity index (χ4v) is 3.34. The summed E-state index contributed by atoms with van der Waals surface area (Å²) >= 11 is 0. The number of piperidine rings is 1. The van der Waals surface area contributed by atoms with E-state index in [1.54, 1.807) is 6.07 Å². The second-order valence-corrected chi connectivity index (χ2v) is 5.72. The highest BCUT2D eigenvalue weighted by Gasteiger charge is 2.27. The summed E-state index contributed by atoms with van der Waals surface area (Å²) in [7, 11) is 0. The van der Waals surface area contributed by atoms with Gasteiger partial charge in [0.25, 0.3) is 0 Å². The second-order valence-electron chi connectivity index (χ2n) is 5.72. The predicted octanol–water partition coefficient (Wildman–Crippen LogP) is 3.74. The van der Waals surface area contributed by atoms with Crippen molar-refractivity contribution in [3.8, 4) is 0 Å². The zero-order valence-electron chi connectivity index (χ0n) is 12.7. The van der Waals surface area contributed by atoms with E-state index in [9.17, 15) is 4.39 Å². The number of nitrogens with one attached hydrogen (secondary N) is 1. The quantitative estimate of drug-likeness (QED) is 0.852. The summed E-state index contributed by atoms with van der Waals surface area (Å²) in [5, 5.41) is 3.50. The molecule has 3 heteroatoms. The van der Waals surface area contributed by atoms with Gasteiger partial charge in [-0.05, 0) is 56.5 Å². The van der Waals surface area contributed by atoms with Gasteiger partial charge in [-0.1, -0.05) is 26.0 Å². The summed E-state index contributed by atoms with van der Waals surface area (Å²) in [5.41, 5.74) is 1.12. The number of halogens is 1. The van der Waals surface area contributed by atoms with E-state index in [0.29, 0.717) is 12.1 Å². The number of hydrogen-bond acceptors (Lipinski definition) is 2. The lowest BCUT2D eigenvalue weighted by Gasteiger charge is -2.40. The van der Waals surface area contributed by atoms with Gasteiger partial charge in [0.2, 0.25) is 0 Å².